The lowest BCUT2D eigenvalue weighted by Gasteiger charge is -2.07. The number of aromatic nitrogens is 2. The third-order valence-corrected chi connectivity index (χ3v) is 3.92. The topological polar surface area (TPSA) is 40.7 Å². The van der Waals surface area contributed by atoms with Crippen LogP contribution in [0.3, 0.4) is 0 Å². The van der Waals surface area contributed by atoms with Gasteiger partial charge in [-0.15, -0.1) is 11.3 Å². The number of hydrogen-bond acceptors (Lipinski definition) is 3. The number of nitrogens with zero attached hydrogens (tertiary/aromatic N) is 1. The van der Waals surface area contributed by atoms with Gasteiger partial charge in [0.1, 0.15) is 5.82 Å². The molecule has 5 heteroatoms. The van der Waals surface area contributed by atoms with E-state index in [1.54, 1.807) is 23.9 Å². The summed E-state index contributed by atoms with van der Waals surface area (Å²) in [5.41, 5.74) is 2.76. The van der Waals surface area contributed by atoms with E-state index in [-0.39, 0.29) is 5.82 Å². The van der Waals surface area contributed by atoms with Crippen LogP contribution in [0.2, 0.25) is 0 Å². The summed E-state index contributed by atoms with van der Waals surface area (Å²) in [7, 11) is 0. The van der Waals surface area contributed by atoms with Gasteiger partial charge in [-0.2, -0.15) is 0 Å². The van der Waals surface area contributed by atoms with Crippen LogP contribution in [-0.4, -0.2) is 9.97 Å². The molecule has 0 atom stereocenters. The lowest BCUT2D eigenvalue weighted by molar-refractivity contribution is 0.628. The van der Waals surface area contributed by atoms with Crippen molar-refractivity contribution in [2.45, 2.75) is 13.1 Å². The molecular formula is C15H14FN3S. The van der Waals surface area contributed by atoms with Crippen molar-refractivity contribution in [3.63, 3.8) is 0 Å². The molecule has 0 saturated carbocycles. The van der Waals surface area contributed by atoms with E-state index >= 15 is 0 Å². The highest BCUT2D eigenvalue weighted by Crippen LogP contribution is 2.28. The van der Waals surface area contributed by atoms with Crippen molar-refractivity contribution in [3.05, 3.63) is 65.3 Å². The Bertz CT molecular complexity index is 663. The van der Waals surface area contributed by atoms with Crippen molar-refractivity contribution in [1.29, 1.82) is 0 Å². The maximum Gasteiger partial charge on any atom is 0.131 e. The first-order valence-corrected chi connectivity index (χ1v) is 7.21. The van der Waals surface area contributed by atoms with Crippen LogP contribution in [-0.2, 0) is 13.1 Å². The molecular weight excluding hydrogens is 273 g/mol. The molecule has 102 valence electrons. The fourth-order valence-electron chi connectivity index (χ4n) is 2.03. The van der Waals surface area contributed by atoms with E-state index < -0.39 is 0 Å². The van der Waals surface area contributed by atoms with Crippen LogP contribution < -0.4 is 5.32 Å². The molecule has 2 aromatic heterocycles. The van der Waals surface area contributed by atoms with Gasteiger partial charge in [-0.25, -0.2) is 9.37 Å². The summed E-state index contributed by atoms with van der Waals surface area (Å²) in [6.07, 6.45) is 3.44. The zero-order valence-electron chi connectivity index (χ0n) is 10.8. The summed E-state index contributed by atoms with van der Waals surface area (Å²) in [4.78, 5) is 7.95. The third-order valence-electron chi connectivity index (χ3n) is 3.02. The van der Waals surface area contributed by atoms with Gasteiger partial charge >= 0.3 is 0 Å². The van der Waals surface area contributed by atoms with Crippen LogP contribution in [0.15, 0.2) is 48.2 Å². The number of nitrogens with one attached hydrogen (secondary N) is 2. The van der Waals surface area contributed by atoms with Gasteiger partial charge in [-0.3, -0.25) is 0 Å². The van der Waals surface area contributed by atoms with E-state index in [1.165, 1.54) is 6.07 Å². The molecule has 0 radical (unpaired) electrons. The Labute approximate surface area is 120 Å². The van der Waals surface area contributed by atoms with E-state index in [1.807, 2.05) is 29.6 Å². The molecule has 0 aliphatic rings. The van der Waals surface area contributed by atoms with Gasteiger partial charge in [-0.1, -0.05) is 12.1 Å². The van der Waals surface area contributed by atoms with Gasteiger partial charge in [0, 0.05) is 35.4 Å². The number of H-pyrrole nitrogens is 1. The molecule has 0 saturated heterocycles. The molecule has 20 heavy (non-hydrogen) atoms. The standard InChI is InChI=1S/C15H14FN3S/c16-14-4-3-11(6-13(14)15-2-1-5-20-15)7-17-8-12-9-18-10-19-12/h1-6,9-10,17H,7-8H2,(H,18,19). The molecule has 3 nitrogen and oxygen atoms in total. The monoisotopic (exact) mass is 287 g/mol. The summed E-state index contributed by atoms with van der Waals surface area (Å²) in [6.45, 7) is 1.41. The molecule has 0 aliphatic heterocycles. The van der Waals surface area contributed by atoms with Gasteiger partial charge < -0.3 is 10.3 Å². The minimum Gasteiger partial charge on any atom is -0.347 e. The average Bonchev–Trinajstić information content (AvgIpc) is 3.13. The van der Waals surface area contributed by atoms with Gasteiger partial charge in [0.15, 0.2) is 0 Å². The number of halogens is 1. The fraction of sp³-hybridized carbons (Fsp3) is 0.133. The van der Waals surface area contributed by atoms with Crippen LogP contribution in [0.1, 0.15) is 11.3 Å². The van der Waals surface area contributed by atoms with Crippen molar-refractivity contribution in [3.8, 4) is 10.4 Å². The first kappa shape index (κ1) is 13.0. The van der Waals surface area contributed by atoms with Crippen LogP contribution in [0.4, 0.5) is 4.39 Å². The van der Waals surface area contributed by atoms with Gasteiger partial charge in [-0.05, 0) is 29.1 Å². The Morgan fingerprint density at radius 2 is 2.20 bits per heavy atom. The lowest BCUT2D eigenvalue weighted by Crippen LogP contribution is -2.13. The van der Waals surface area contributed by atoms with E-state index in [4.69, 9.17) is 0 Å². The lowest BCUT2D eigenvalue weighted by atomic mass is 10.1. The second kappa shape index (κ2) is 5.98. The number of imidazole rings is 1. The maximum atomic E-state index is 13.9. The number of benzene rings is 1. The van der Waals surface area contributed by atoms with Crippen molar-refractivity contribution >= 4 is 11.3 Å². The van der Waals surface area contributed by atoms with Crippen LogP contribution in [0, 0.1) is 5.82 Å². The third kappa shape index (κ3) is 2.95. The Morgan fingerprint density at radius 3 is 2.95 bits per heavy atom. The predicted octanol–water partition coefficient (Wildman–Crippen LogP) is 3.57. The molecule has 0 unspecified atom stereocenters. The van der Waals surface area contributed by atoms with Gasteiger partial charge in [0.2, 0.25) is 0 Å². The zero-order chi connectivity index (χ0) is 13.8. The zero-order valence-corrected chi connectivity index (χ0v) is 11.6. The largest absolute Gasteiger partial charge is 0.347 e. The molecule has 0 amide bonds. The fourth-order valence-corrected chi connectivity index (χ4v) is 2.77. The Kier molecular flexibility index (Phi) is 3.90. The van der Waals surface area contributed by atoms with Crippen LogP contribution in [0.5, 0.6) is 0 Å². The van der Waals surface area contributed by atoms with Crippen LogP contribution in [0.25, 0.3) is 10.4 Å². The smallest absolute Gasteiger partial charge is 0.131 e. The van der Waals surface area contributed by atoms with E-state index in [2.05, 4.69) is 15.3 Å². The SMILES string of the molecule is Fc1ccc(CNCc2cnc[nH]2)cc1-c1cccs1. The number of thiophene rings is 1. The molecule has 1 aromatic carbocycles. The number of aromatic amines is 1. The van der Waals surface area contributed by atoms with Crippen molar-refractivity contribution in [2.24, 2.45) is 0 Å². The first-order chi connectivity index (χ1) is 9.83. The Hall–Kier alpha value is -1.98. The maximum absolute atomic E-state index is 13.9. The van der Waals surface area contributed by atoms with Gasteiger partial charge in [0.05, 0.1) is 6.33 Å². The number of hydrogen-bond donors (Lipinski definition) is 2. The van der Waals surface area contributed by atoms with E-state index in [0.717, 1.165) is 16.1 Å². The first-order valence-electron chi connectivity index (χ1n) is 6.33. The molecule has 0 fully saturated rings. The Balaban J connectivity index is 1.69. The molecule has 3 rings (SSSR count). The average molecular weight is 287 g/mol. The summed E-state index contributed by atoms with van der Waals surface area (Å²) in [6, 6.07) is 9.11. The molecule has 0 aliphatic carbocycles. The molecule has 2 heterocycles. The van der Waals surface area contributed by atoms with Crippen molar-refractivity contribution in [2.75, 3.05) is 0 Å². The highest BCUT2D eigenvalue weighted by Gasteiger charge is 2.07. The molecule has 0 spiro atoms. The molecule has 2 N–H and O–H groups in total. The quantitative estimate of drug-likeness (QED) is 0.753. The summed E-state index contributed by atoms with van der Waals surface area (Å²) in [5, 5.41) is 5.26. The number of rotatable bonds is 5. The van der Waals surface area contributed by atoms with E-state index in [0.29, 0.717) is 18.7 Å². The van der Waals surface area contributed by atoms with Gasteiger partial charge in [0.25, 0.3) is 0 Å². The summed E-state index contributed by atoms with van der Waals surface area (Å²) in [5.74, 6) is -0.176. The predicted molar refractivity (Wildman–Crippen MR) is 78.8 cm³/mol. The second-order valence-electron chi connectivity index (χ2n) is 4.47. The second-order valence-corrected chi connectivity index (χ2v) is 5.42. The normalized spacial score (nSPS) is 10.8. The van der Waals surface area contributed by atoms with Crippen molar-refractivity contribution < 1.29 is 4.39 Å². The van der Waals surface area contributed by atoms with Crippen molar-refractivity contribution in [1.82, 2.24) is 15.3 Å². The minimum atomic E-state index is -0.176. The highest BCUT2D eigenvalue weighted by atomic mass is 32.1. The highest BCUT2D eigenvalue weighted by molar-refractivity contribution is 7.13. The minimum absolute atomic E-state index is 0.176. The Morgan fingerprint density at radius 1 is 1.25 bits per heavy atom. The van der Waals surface area contributed by atoms with Crippen LogP contribution >= 0.6 is 11.3 Å². The summed E-state index contributed by atoms with van der Waals surface area (Å²) >= 11 is 1.55. The van der Waals surface area contributed by atoms with E-state index in [9.17, 15) is 4.39 Å². The summed E-state index contributed by atoms with van der Waals surface area (Å²) < 4.78 is 13.9. The molecule has 3 aromatic rings. The molecule has 0 bridgehead atoms.